The van der Waals surface area contributed by atoms with E-state index in [0.717, 1.165) is 59.3 Å². The maximum atomic E-state index is 12.4. The van der Waals surface area contributed by atoms with E-state index >= 15 is 0 Å². The van der Waals surface area contributed by atoms with Crippen LogP contribution in [-0.2, 0) is 22.5 Å². The third-order valence-corrected chi connectivity index (χ3v) is 6.36. The number of anilines is 1. The van der Waals surface area contributed by atoms with Gasteiger partial charge in [-0.3, -0.25) is 9.69 Å². The first kappa shape index (κ1) is 20.2. The van der Waals surface area contributed by atoms with Gasteiger partial charge in [0.25, 0.3) is 0 Å². The van der Waals surface area contributed by atoms with Gasteiger partial charge < -0.3 is 10.1 Å². The molecule has 0 atom stereocenters. The fourth-order valence-electron chi connectivity index (χ4n) is 3.26. The zero-order valence-corrected chi connectivity index (χ0v) is 18.3. The fraction of sp³-hybridized carbons (Fsp3) is 0.273. The molecular weight excluding hydrogens is 450 g/mol. The summed E-state index contributed by atoms with van der Waals surface area (Å²) in [5, 5.41) is 5.83. The predicted molar refractivity (Wildman–Crippen MR) is 120 cm³/mol. The molecule has 2 aromatic carbocycles. The molecule has 0 aliphatic carbocycles. The van der Waals surface area contributed by atoms with Crippen molar-refractivity contribution in [2.75, 3.05) is 31.6 Å². The molecule has 2 heterocycles. The Bertz CT molecular complexity index is 985. The Morgan fingerprint density at radius 2 is 2.00 bits per heavy atom. The summed E-state index contributed by atoms with van der Waals surface area (Å²) in [6.07, 6.45) is 0.255. The zero-order chi connectivity index (χ0) is 20.1. The highest BCUT2D eigenvalue weighted by Crippen LogP contribution is 2.26. The van der Waals surface area contributed by atoms with Gasteiger partial charge in [0.15, 0.2) is 0 Å². The van der Waals surface area contributed by atoms with Crippen LogP contribution in [0.2, 0.25) is 0 Å². The van der Waals surface area contributed by atoms with Crippen LogP contribution in [0.4, 0.5) is 5.69 Å². The van der Waals surface area contributed by atoms with E-state index in [0.29, 0.717) is 0 Å². The molecule has 29 heavy (non-hydrogen) atoms. The van der Waals surface area contributed by atoms with Crippen molar-refractivity contribution in [3.05, 3.63) is 69.6 Å². The number of carbonyl (C=O) groups excluding carboxylic acids is 1. The number of amides is 1. The number of rotatable bonds is 6. The Morgan fingerprint density at radius 3 is 2.83 bits per heavy atom. The molecule has 5 nitrogen and oxygen atoms in total. The van der Waals surface area contributed by atoms with Crippen LogP contribution in [0.15, 0.2) is 58.4 Å². The van der Waals surface area contributed by atoms with Crippen LogP contribution < -0.4 is 5.32 Å². The maximum absolute atomic E-state index is 12.4. The van der Waals surface area contributed by atoms with Gasteiger partial charge in [-0.05, 0) is 39.7 Å². The number of morpholine rings is 1. The molecule has 0 radical (unpaired) electrons. The van der Waals surface area contributed by atoms with E-state index in [4.69, 9.17) is 4.74 Å². The summed E-state index contributed by atoms with van der Waals surface area (Å²) in [4.78, 5) is 19.5. The molecule has 0 spiro atoms. The number of hydrogen-bond donors (Lipinski definition) is 1. The summed E-state index contributed by atoms with van der Waals surface area (Å²) in [6, 6.07) is 16.1. The van der Waals surface area contributed by atoms with Gasteiger partial charge in [0.1, 0.15) is 5.01 Å². The molecule has 0 saturated carbocycles. The Kier molecular flexibility index (Phi) is 6.71. The normalized spacial score (nSPS) is 14.7. The number of nitrogens with one attached hydrogen (secondary N) is 1. The number of benzene rings is 2. The lowest BCUT2D eigenvalue weighted by atomic mass is 10.1. The molecule has 1 aromatic heterocycles. The van der Waals surface area contributed by atoms with Crippen LogP contribution in [0.3, 0.4) is 0 Å². The van der Waals surface area contributed by atoms with Gasteiger partial charge in [0, 0.05) is 35.1 Å². The number of para-hydroxylation sites is 1. The number of hydrogen-bond acceptors (Lipinski definition) is 5. The smallest absolute Gasteiger partial charge is 0.230 e. The molecule has 1 fully saturated rings. The summed E-state index contributed by atoms with van der Waals surface area (Å²) in [6.45, 7) is 4.47. The average Bonchev–Trinajstić information content (AvgIpc) is 3.19. The molecule has 3 aromatic rings. The van der Waals surface area contributed by atoms with Gasteiger partial charge in [-0.15, -0.1) is 11.3 Å². The van der Waals surface area contributed by atoms with Gasteiger partial charge in [-0.1, -0.05) is 30.3 Å². The number of thiazole rings is 1. The lowest BCUT2D eigenvalue weighted by molar-refractivity contribution is -0.115. The molecular formula is C22H22BrN3O2S. The highest BCUT2D eigenvalue weighted by Gasteiger charge is 2.13. The number of aromatic nitrogens is 1. The van der Waals surface area contributed by atoms with Crippen LogP contribution in [-0.4, -0.2) is 42.1 Å². The summed E-state index contributed by atoms with van der Waals surface area (Å²) >= 11 is 5.02. The van der Waals surface area contributed by atoms with E-state index < -0.39 is 0 Å². The molecule has 150 valence electrons. The van der Waals surface area contributed by atoms with Crippen LogP contribution >= 0.6 is 27.3 Å². The molecule has 7 heteroatoms. The summed E-state index contributed by atoms with van der Waals surface area (Å²) in [7, 11) is 0. The van der Waals surface area contributed by atoms with Crippen LogP contribution in [0.25, 0.3) is 10.6 Å². The van der Waals surface area contributed by atoms with Gasteiger partial charge in [-0.25, -0.2) is 4.98 Å². The number of halogens is 1. The highest BCUT2D eigenvalue weighted by atomic mass is 79.9. The minimum Gasteiger partial charge on any atom is -0.379 e. The molecule has 1 amide bonds. The molecule has 4 rings (SSSR count). The van der Waals surface area contributed by atoms with Crippen molar-refractivity contribution in [1.82, 2.24) is 9.88 Å². The Hall–Kier alpha value is -2.06. The number of carbonyl (C=O) groups is 1. The van der Waals surface area contributed by atoms with Gasteiger partial charge >= 0.3 is 0 Å². The fourth-order valence-corrected chi connectivity index (χ4v) is 4.46. The lowest BCUT2D eigenvalue weighted by Gasteiger charge is -2.26. The van der Waals surface area contributed by atoms with Crippen molar-refractivity contribution >= 4 is 38.9 Å². The quantitative estimate of drug-likeness (QED) is 0.571. The zero-order valence-electron chi connectivity index (χ0n) is 15.9. The molecule has 1 aliphatic heterocycles. The molecule has 0 bridgehead atoms. The first-order valence-corrected chi connectivity index (χ1v) is 11.2. The average molecular weight is 472 g/mol. The SMILES string of the molecule is O=C(Cc1csc(-c2cccc(CN3CCOCC3)c2)n1)Nc1ccccc1Br. The monoisotopic (exact) mass is 471 g/mol. The third-order valence-electron chi connectivity index (χ3n) is 4.73. The van der Waals surface area contributed by atoms with Gasteiger partial charge in [0.2, 0.25) is 5.91 Å². The van der Waals surface area contributed by atoms with Crippen molar-refractivity contribution in [3.63, 3.8) is 0 Å². The summed E-state index contributed by atoms with van der Waals surface area (Å²) in [5.74, 6) is -0.0742. The minimum atomic E-state index is -0.0742. The van der Waals surface area contributed by atoms with Crippen LogP contribution in [0.1, 0.15) is 11.3 Å². The first-order chi connectivity index (χ1) is 14.2. The second-order valence-corrected chi connectivity index (χ2v) is 8.65. The minimum absolute atomic E-state index is 0.0742. The van der Waals surface area contributed by atoms with Gasteiger partial charge in [-0.2, -0.15) is 0 Å². The standard InChI is InChI=1S/C22H22BrN3O2S/c23-19-6-1-2-7-20(19)25-21(27)13-18-15-29-22(24-18)17-5-3-4-16(12-17)14-26-8-10-28-11-9-26/h1-7,12,15H,8-11,13-14H2,(H,25,27). The van der Waals surface area contributed by atoms with E-state index in [-0.39, 0.29) is 12.3 Å². The molecule has 1 N–H and O–H groups in total. The van der Waals surface area contributed by atoms with Crippen LogP contribution in [0.5, 0.6) is 0 Å². The second kappa shape index (κ2) is 9.63. The topological polar surface area (TPSA) is 54.5 Å². The van der Waals surface area contributed by atoms with Crippen molar-refractivity contribution in [2.45, 2.75) is 13.0 Å². The van der Waals surface area contributed by atoms with Crippen LogP contribution in [0, 0.1) is 0 Å². The molecule has 1 saturated heterocycles. The van der Waals surface area contributed by atoms with E-state index in [1.54, 1.807) is 11.3 Å². The molecule has 1 aliphatic rings. The summed E-state index contributed by atoms with van der Waals surface area (Å²) < 4.78 is 6.29. The van der Waals surface area contributed by atoms with E-state index in [1.807, 2.05) is 29.6 Å². The van der Waals surface area contributed by atoms with Crippen molar-refractivity contribution in [2.24, 2.45) is 0 Å². The van der Waals surface area contributed by atoms with Crippen molar-refractivity contribution in [3.8, 4) is 10.6 Å². The van der Waals surface area contributed by atoms with E-state index in [2.05, 4.69) is 55.4 Å². The van der Waals surface area contributed by atoms with Gasteiger partial charge in [0.05, 0.1) is 31.0 Å². The third kappa shape index (κ3) is 5.51. The predicted octanol–water partition coefficient (Wildman–Crippen LogP) is 4.59. The highest BCUT2D eigenvalue weighted by molar-refractivity contribution is 9.10. The lowest BCUT2D eigenvalue weighted by Crippen LogP contribution is -2.35. The van der Waals surface area contributed by atoms with E-state index in [9.17, 15) is 4.79 Å². The van der Waals surface area contributed by atoms with Crippen molar-refractivity contribution < 1.29 is 9.53 Å². The Labute approximate surface area is 182 Å². The largest absolute Gasteiger partial charge is 0.379 e. The maximum Gasteiger partial charge on any atom is 0.230 e. The Morgan fingerprint density at radius 1 is 1.17 bits per heavy atom. The second-order valence-electron chi connectivity index (χ2n) is 6.94. The molecule has 0 unspecified atom stereocenters. The summed E-state index contributed by atoms with van der Waals surface area (Å²) in [5.41, 5.74) is 3.92. The first-order valence-electron chi connectivity index (χ1n) is 9.55. The number of nitrogens with zero attached hydrogens (tertiary/aromatic N) is 2. The van der Waals surface area contributed by atoms with E-state index in [1.165, 1.54) is 5.56 Å². The van der Waals surface area contributed by atoms with Crippen molar-refractivity contribution in [1.29, 1.82) is 0 Å². The Balaban J connectivity index is 1.40. The number of ether oxygens (including phenoxy) is 1.